The van der Waals surface area contributed by atoms with Gasteiger partial charge >= 0.3 is 5.97 Å². The van der Waals surface area contributed by atoms with Gasteiger partial charge in [0.2, 0.25) is 0 Å². The quantitative estimate of drug-likeness (QED) is 0.629. The van der Waals surface area contributed by atoms with Crippen LogP contribution in [0.5, 0.6) is 5.75 Å². The number of carboxylic acid groups (broad SMARTS) is 1. The minimum Gasteiger partial charge on any atom is -0.484 e. The molecule has 0 saturated carbocycles. The predicted molar refractivity (Wildman–Crippen MR) is 57.4 cm³/mol. The molecule has 6 nitrogen and oxygen atoms in total. The Bertz CT molecular complexity index is 417. The third-order valence-corrected chi connectivity index (χ3v) is 1.90. The van der Waals surface area contributed by atoms with Gasteiger partial charge < -0.3 is 20.9 Å². The van der Waals surface area contributed by atoms with Gasteiger partial charge in [-0.2, -0.15) is 0 Å². The van der Waals surface area contributed by atoms with Crippen LogP contribution in [0, 0.1) is 0 Å². The van der Waals surface area contributed by atoms with Crippen molar-refractivity contribution in [1.82, 2.24) is 5.32 Å². The van der Waals surface area contributed by atoms with E-state index in [0.29, 0.717) is 5.75 Å². The highest BCUT2D eigenvalue weighted by atomic mass is 16.5. The molecule has 1 rings (SSSR count). The van der Waals surface area contributed by atoms with Gasteiger partial charge in [0.25, 0.3) is 5.91 Å². The van der Waals surface area contributed by atoms with Crippen molar-refractivity contribution in [2.45, 2.75) is 0 Å². The van der Waals surface area contributed by atoms with E-state index >= 15 is 0 Å². The molecule has 1 aromatic rings. The first-order valence-electron chi connectivity index (χ1n) is 4.50. The van der Waals surface area contributed by atoms with Crippen LogP contribution in [0.1, 0.15) is 10.4 Å². The van der Waals surface area contributed by atoms with Crippen LogP contribution >= 0.6 is 0 Å². The van der Waals surface area contributed by atoms with Crippen LogP contribution in [0.3, 0.4) is 0 Å². The first kappa shape index (κ1) is 11.8. The van der Waals surface area contributed by atoms with Crippen molar-refractivity contribution in [1.29, 1.82) is 0 Å². The number of nitrogens with one attached hydrogen (secondary N) is 1. The van der Waals surface area contributed by atoms with E-state index in [1.807, 2.05) is 0 Å². The zero-order valence-corrected chi connectivity index (χ0v) is 8.69. The zero-order chi connectivity index (χ0) is 12.1. The van der Waals surface area contributed by atoms with E-state index in [1.54, 1.807) is 0 Å². The highest BCUT2D eigenvalue weighted by molar-refractivity contribution is 5.93. The summed E-state index contributed by atoms with van der Waals surface area (Å²) in [6, 6.07) is 4.14. The molecule has 4 N–H and O–H groups in total. The number of amides is 1. The van der Waals surface area contributed by atoms with Crippen LogP contribution in [-0.2, 0) is 4.79 Å². The lowest BCUT2D eigenvalue weighted by Gasteiger charge is -2.07. The number of nitrogen functional groups attached to an aromatic ring is 1. The van der Waals surface area contributed by atoms with E-state index in [-0.39, 0.29) is 23.8 Å². The Morgan fingerprint density at radius 3 is 2.69 bits per heavy atom. The number of aromatic carboxylic acids is 1. The molecule has 0 atom stereocenters. The van der Waals surface area contributed by atoms with Gasteiger partial charge in [-0.05, 0) is 12.1 Å². The average Bonchev–Trinajstić information content (AvgIpc) is 2.25. The lowest BCUT2D eigenvalue weighted by molar-refractivity contribution is -0.122. The molecule has 0 heterocycles. The van der Waals surface area contributed by atoms with E-state index in [1.165, 1.54) is 25.2 Å². The van der Waals surface area contributed by atoms with E-state index < -0.39 is 5.97 Å². The molecule has 0 aliphatic heterocycles. The Morgan fingerprint density at radius 1 is 1.50 bits per heavy atom. The molecular formula is C10H12N2O4. The summed E-state index contributed by atoms with van der Waals surface area (Å²) in [6.45, 7) is -0.137. The van der Waals surface area contributed by atoms with Crippen LogP contribution < -0.4 is 15.8 Å². The number of anilines is 1. The number of ether oxygens (including phenoxy) is 1. The van der Waals surface area contributed by atoms with Crippen molar-refractivity contribution in [3.8, 4) is 5.75 Å². The molecule has 0 spiro atoms. The summed E-state index contributed by atoms with van der Waals surface area (Å²) in [7, 11) is 1.49. The molecule has 0 unspecified atom stereocenters. The van der Waals surface area contributed by atoms with Gasteiger partial charge in [0, 0.05) is 18.8 Å². The van der Waals surface area contributed by atoms with Crippen LogP contribution in [-0.4, -0.2) is 30.6 Å². The normalized spacial score (nSPS) is 9.56. The van der Waals surface area contributed by atoms with Crippen LogP contribution in [0.25, 0.3) is 0 Å². The van der Waals surface area contributed by atoms with Gasteiger partial charge in [-0.1, -0.05) is 0 Å². The van der Waals surface area contributed by atoms with Crippen molar-refractivity contribution in [3.05, 3.63) is 23.8 Å². The number of carboxylic acids is 1. The van der Waals surface area contributed by atoms with E-state index in [9.17, 15) is 9.59 Å². The smallest absolute Gasteiger partial charge is 0.337 e. The number of nitrogens with two attached hydrogens (primary N) is 1. The Labute approximate surface area is 92.0 Å². The fraction of sp³-hybridized carbons (Fsp3) is 0.200. The van der Waals surface area contributed by atoms with Gasteiger partial charge in [0.1, 0.15) is 5.75 Å². The van der Waals surface area contributed by atoms with Gasteiger partial charge in [-0.3, -0.25) is 4.79 Å². The third kappa shape index (κ3) is 2.88. The number of benzene rings is 1. The Balaban J connectivity index is 2.74. The average molecular weight is 224 g/mol. The van der Waals surface area contributed by atoms with Crippen LogP contribution in [0.2, 0.25) is 0 Å². The Morgan fingerprint density at radius 2 is 2.19 bits per heavy atom. The summed E-state index contributed by atoms with van der Waals surface area (Å²) in [5.41, 5.74) is 5.61. The SMILES string of the molecule is CNC(=O)COc1ccc(C(=O)O)c(N)c1. The molecule has 0 aromatic heterocycles. The van der Waals surface area contributed by atoms with E-state index in [4.69, 9.17) is 15.6 Å². The third-order valence-electron chi connectivity index (χ3n) is 1.90. The molecule has 0 saturated heterocycles. The largest absolute Gasteiger partial charge is 0.484 e. The maximum atomic E-state index is 10.9. The van der Waals surface area contributed by atoms with Gasteiger partial charge in [-0.25, -0.2) is 4.79 Å². The summed E-state index contributed by atoms with van der Waals surface area (Å²) in [5.74, 6) is -1.03. The highest BCUT2D eigenvalue weighted by Gasteiger charge is 2.08. The van der Waals surface area contributed by atoms with E-state index in [2.05, 4.69) is 5.32 Å². The fourth-order valence-corrected chi connectivity index (χ4v) is 1.05. The summed E-state index contributed by atoms with van der Waals surface area (Å²) in [5, 5.41) is 11.1. The number of carbonyl (C=O) groups is 2. The minimum atomic E-state index is -1.10. The predicted octanol–water partition coefficient (Wildman–Crippen LogP) is 0.0918. The van der Waals surface area contributed by atoms with Crippen LogP contribution in [0.4, 0.5) is 5.69 Å². The molecule has 0 aliphatic carbocycles. The fourth-order valence-electron chi connectivity index (χ4n) is 1.05. The van der Waals surface area contributed by atoms with Crippen molar-refractivity contribution >= 4 is 17.6 Å². The Hall–Kier alpha value is -2.24. The molecule has 0 fully saturated rings. The lowest BCUT2D eigenvalue weighted by atomic mass is 10.2. The first-order chi connectivity index (χ1) is 7.54. The molecule has 6 heteroatoms. The zero-order valence-electron chi connectivity index (χ0n) is 8.69. The second kappa shape index (κ2) is 5.01. The molecule has 0 aliphatic rings. The molecule has 1 aromatic carbocycles. The summed E-state index contributed by atoms with van der Waals surface area (Å²) < 4.78 is 5.09. The van der Waals surface area contributed by atoms with Crippen molar-refractivity contribution in [3.63, 3.8) is 0 Å². The topological polar surface area (TPSA) is 102 Å². The number of hydrogen-bond acceptors (Lipinski definition) is 4. The van der Waals surface area contributed by atoms with E-state index in [0.717, 1.165) is 0 Å². The number of rotatable bonds is 4. The molecule has 0 radical (unpaired) electrons. The summed E-state index contributed by atoms with van der Waals surface area (Å²) >= 11 is 0. The maximum absolute atomic E-state index is 10.9. The second-order valence-electron chi connectivity index (χ2n) is 3.02. The second-order valence-corrected chi connectivity index (χ2v) is 3.02. The standard InChI is InChI=1S/C10H12N2O4/c1-12-9(13)5-16-6-2-3-7(10(14)15)8(11)4-6/h2-4H,5,11H2,1H3,(H,12,13)(H,14,15). The molecule has 1 amide bonds. The highest BCUT2D eigenvalue weighted by Crippen LogP contribution is 2.19. The molecular weight excluding hydrogens is 212 g/mol. The van der Waals surface area contributed by atoms with Crippen molar-refractivity contribution in [2.24, 2.45) is 0 Å². The Kier molecular flexibility index (Phi) is 3.71. The summed E-state index contributed by atoms with van der Waals surface area (Å²) in [6.07, 6.45) is 0. The summed E-state index contributed by atoms with van der Waals surface area (Å²) in [4.78, 5) is 21.5. The molecule has 0 bridgehead atoms. The monoisotopic (exact) mass is 224 g/mol. The first-order valence-corrected chi connectivity index (χ1v) is 4.50. The van der Waals surface area contributed by atoms with Crippen molar-refractivity contribution < 1.29 is 19.4 Å². The van der Waals surface area contributed by atoms with Gasteiger partial charge in [0.15, 0.2) is 6.61 Å². The number of likely N-dealkylation sites (N-methyl/N-ethyl adjacent to an activating group) is 1. The number of hydrogen-bond donors (Lipinski definition) is 3. The minimum absolute atomic E-state index is 0.00675. The lowest BCUT2D eigenvalue weighted by Crippen LogP contribution is -2.24. The van der Waals surface area contributed by atoms with Gasteiger partial charge in [0.05, 0.1) is 5.56 Å². The molecule has 86 valence electrons. The van der Waals surface area contributed by atoms with Gasteiger partial charge in [-0.15, -0.1) is 0 Å². The number of carbonyl (C=O) groups excluding carboxylic acids is 1. The molecule has 16 heavy (non-hydrogen) atoms. The van der Waals surface area contributed by atoms with Crippen LogP contribution in [0.15, 0.2) is 18.2 Å². The van der Waals surface area contributed by atoms with Crippen molar-refractivity contribution in [2.75, 3.05) is 19.4 Å². The maximum Gasteiger partial charge on any atom is 0.337 e.